The Hall–Kier alpha value is -2.87. The first kappa shape index (κ1) is 12.2. The maximum Gasteiger partial charge on any atom is 0.182 e. The third kappa shape index (κ3) is 1.97. The maximum atomic E-state index is 9.07. The van der Waals surface area contributed by atoms with Gasteiger partial charge in [0.2, 0.25) is 0 Å². The summed E-state index contributed by atoms with van der Waals surface area (Å²) in [6.45, 7) is 0. The van der Waals surface area contributed by atoms with Crippen LogP contribution in [0, 0.1) is 11.3 Å². The summed E-state index contributed by atoms with van der Waals surface area (Å²) in [5, 5.41) is 13.5. The van der Waals surface area contributed by atoms with Gasteiger partial charge in [-0.25, -0.2) is 9.50 Å². The van der Waals surface area contributed by atoms with E-state index in [1.54, 1.807) is 10.6 Å². The van der Waals surface area contributed by atoms with Crippen molar-refractivity contribution >= 4 is 11.3 Å². The van der Waals surface area contributed by atoms with E-state index in [-0.39, 0.29) is 0 Å². The molecule has 0 spiro atoms. The third-order valence-electron chi connectivity index (χ3n) is 3.12. The van der Waals surface area contributed by atoms with Crippen LogP contribution in [0.1, 0.15) is 5.69 Å². The lowest BCUT2D eigenvalue weighted by atomic mass is 10.2. The van der Waals surface area contributed by atoms with Gasteiger partial charge in [0, 0.05) is 25.3 Å². The zero-order valence-electron chi connectivity index (χ0n) is 11.3. The van der Waals surface area contributed by atoms with Crippen molar-refractivity contribution in [2.45, 2.75) is 0 Å². The summed E-state index contributed by atoms with van der Waals surface area (Å²) in [4.78, 5) is 6.49. The van der Waals surface area contributed by atoms with Crippen molar-refractivity contribution in [3.8, 4) is 17.5 Å². The van der Waals surface area contributed by atoms with E-state index in [4.69, 9.17) is 5.26 Å². The first-order valence-corrected chi connectivity index (χ1v) is 6.23. The molecule has 0 aliphatic heterocycles. The van der Waals surface area contributed by atoms with Crippen LogP contribution in [0.25, 0.3) is 17.0 Å². The highest BCUT2D eigenvalue weighted by molar-refractivity contribution is 5.62. The van der Waals surface area contributed by atoms with Gasteiger partial charge in [0.25, 0.3) is 0 Å². The number of benzene rings is 1. The summed E-state index contributed by atoms with van der Waals surface area (Å²) in [5.74, 6) is 0.623. The summed E-state index contributed by atoms with van der Waals surface area (Å²) in [5.41, 5.74) is 3.21. The van der Waals surface area contributed by atoms with E-state index < -0.39 is 0 Å². The molecule has 2 heterocycles. The highest BCUT2D eigenvalue weighted by atomic mass is 15.3. The van der Waals surface area contributed by atoms with Crippen molar-refractivity contribution < 1.29 is 0 Å². The van der Waals surface area contributed by atoms with E-state index in [1.807, 2.05) is 55.4 Å². The molecule has 0 unspecified atom stereocenters. The number of pyridine rings is 1. The van der Waals surface area contributed by atoms with Gasteiger partial charge in [-0.05, 0) is 36.4 Å². The topological polar surface area (TPSA) is 57.2 Å². The highest BCUT2D eigenvalue weighted by Gasteiger charge is 2.08. The van der Waals surface area contributed by atoms with Crippen LogP contribution >= 0.6 is 0 Å². The molecule has 0 aliphatic rings. The van der Waals surface area contributed by atoms with Gasteiger partial charge in [0.1, 0.15) is 11.8 Å². The Morgan fingerprint density at radius 2 is 1.85 bits per heavy atom. The fourth-order valence-electron chi connectivity index (χ4n) is 2.02. The van der Waals surface area contributed by atoms with E-state index in [9.17, 15) is 0 Å². The summed E-state index contributed by atoms with van der Waals surface area (Å²) in [6.07, 6.45) is 0. The van der Waals surface area contributed by atoms with Gasteiger partial charge in [0.05, 0.1) is 0 Å². The standard InChI is InChI=1S/C15H13N5/c1-19(2)12-8-6-11(7-9-12)15-17-14-5-3-4-13(10-16)20(14)18-15/h3-9H,1-2H3. The van der Waals surface area contributed by atoms with Gasteiger partial charge in [0.15, 0.2) is 11.5 Å². The van der Waals surface area contributed by atoms with Crippen molar-refractivity contribution in [2.24, 2.45) is 0 Å². The lowest BCUT2D eigenvalue weighted by molar-refractivity contribution is 0.945. The molecule has 20 heavy (non-hydrogen) atoms. The molecule has 0 radical (unpaired) electrons. The molecule has 5 heteroatoms. The molecule has 3 aromatic rings. The highest BCUT2D eigenvalue weighted by Crippen LogP contribution is 2.20. The van der Waals surface area contributed by atoms with Crippen molar-refractivity contribution in [3.63, 3.8) is 0 Å². The molecule has 5 nitrogen and oxygen atoms in total. The predicted octanol–water partition coefficient (Wildman–Crippen LogP) is 2.33. The van der Waals surface area contributed by atoms with Gasteiger partial charge in [-0.15, -0.1) is 5.10 Å². The molecule has 0 amide bonds. The number of rotatable bonds is 2. The molecule has 0 saturated heterocycles. The SMILES string of the molecule is CN(C)c1ccc(-c2nc3cccc(C#N)n3n2)cc1. The zero-order valence-corrected chi connectivity index (χ0v) is 11.3. The largest absolute Gasteiger partial charge is 0.378 e. The molecule has 0 atom stereocenters. The van der Waals surface area contributed by atoms with Crippen molar-refractivity contribution in [1.29, 1.82) is 5.26 Å². The fourth-order valence-corrected chi connectivity index (χ4v) is 2.02. The number of anilines is 1. The zero-order chi connectivity index (χ0) is 14.1. The summed E-state index contributed by atoms with van der Waals surface area (Å²) in [6, 6.07) is 15.5. The summed E-state index contributed by atoms with van der Waals surface area (Å²) in [7, 11) is 3.99. The van der Waals surface area contributed by atoms with Gasteiger partial charge >= 0.3 is 0 Å². The Kier molecular flexibility index (Phi) is 2.84. The Balaban J connectivity index is 2.08. The first-order chi connectivity index (χ1) is 9.69. The number of fused-ring (bicyclic) bond motifs is 1. The molecule has 2 aromatic heterocycles. The second-order valence-electron chi connectivity index (χ2n) is 4.67. The van der Waals surface area contributed by atoms with E-state index in [2.05, 4.69) is 16.2 Å². The van der Waals surface area contributed by atoms with Crippen LogP contribution in [0.3, 0.4) is 0 Å². The van der Waals surface area contributed by atoms with Crippen LogP contribution in [-0.2, 0) is 0 Å². The molecule has 3 rings (SSSR count). The molecule has 98 valence electrons. The van der Waals surface area contributed by atoms with Crippen LogP contribution in [-0.4, -0.2) is 28.7 Å². The number of nitrogens with zero attached hydrogens (tertiary/aromatic N) is 5. The predicted molar refractivity (Wildman–Crippen MR) is 77.5 cm³/mol. The van der Waals surface area contributed by atoms with Crippen LogP contribution < -0.4 is 4.90 Å². The number of nitriles is 1. The molecular formula is C15H13N5. The quantitative estimate of drug-likeness (QED) is 0.712. The minimum atomic E-state index is 0.478. The van der Waals surface area contributed by atoms with Crippen LogP contribution in [0.5, 0.6) is 0 Å². The minimum absolute atomic E-state index is 0.478. The van der Waals surface area contributed by atoms with Crippen LogP contribution in [0.4, 0.5) is 5.69 Å². The van der Waals surface area contributed by atoms with E-state index in [1.165, 1.54) is 0 Å². The molecule has 0 fully saturated rings. The maximum absolute atomic E-state index is 9.07. The third-order valence-corrected chi connectivity index (χ3v) is 3.12. The van der Waals surface area contributed by atoms with Crippen molar-refractivity contribution in [3.05, 3.63) is 48.2 Å². The second-order valence-corrected chi connectivity index (χ2v) is 4.67. The van der Waals surface area contributed by atoms with Crippen LogP contribution in [0.2, 0.25) is 0 Å². The number of aromatic nitrogens is 3. The lowest BCUT2D eigenvalue weighted by Gasteiger charge is -2.11. The first-order valence-electron chi connectivity index (χ1n) is 6.23. The minimum Gasteiger partial charge on any atom is -0.378 e. The number of hydrogen-bond acceptors (Lipinski definition) is 4. The van der Waals surface area contributed by atoms with Gasteiger partial charge in [-0.2, -0.15) is 5.26 Å². The molecular weight excluding hydrogens is 250 g/mol. The van der Waals surface area contributed by atoms with E-state index in [0.717, 1.165) is 11.3 Å². The van der Waals surface area contributed by atoms with Crippen molar-refractivity contribution in [1.82, 2.24) is 14.6 Å². The summed E-state index contributed by atoms with van der Waals surface area (Å²) >= 11 is 0. The van der Waals surface area contributed by atoms with Gasteiger partial charge in [-0.1, -0.05) is 6.07 Å². The Morgan fingerprint density at radius 1 is 1.10 bits per heavy atom. The number of hydrogen-bond donors (Lipinski definition) is 0. The monoisotopic (exact) mass is 263 g/mol. The smallest absolute Gasteiger partial charge is 0.182 e. The normalized spacial score (nSPS) is 10.4. The average molecular weight is 263 g/mol. The lowest BCUT2D eigenvalue weighted by Crippen LogP contribution is -2.07. The Morgan fingerprint density at radius 3 is 2.50 bits per heavy atom. The van der Waals surface area contributed by atoms with Gasteiger partial charge < -0.3 is 4.90 Å². The second kappa shape index (κ2) is 4.67. The van der Waals surface area contributed by atoms with Gasteiger partial charge in [-0.3, -0.25) is 0 Å². The molecule has 0 bridgehead atoms. The molecule has 0 N–H and O–H groups in total. The Labute approximate surface area is 116 Å². The van der Waals surface area contributed by atoms with Crippen LogP contribution in [0.15, 0.2) is 42.5 Å². The van der Waals surface area contributed by atoms with E-state index >= 15 is 0 Å². The fraction of sp³-hybridized carbons (Fsp3) is 0.133. The average Bonchev–Trinajstić information content (AvgIpc) is 2.91. The van der Waals surface area contributed by atoms with Crippen molar-refractivity contribution in [2.75, 3.05) is 19.0 Å². The molecule has 0 saturated carbocycles. The Bertz CT molecular complexity index is 793. The molecule has 1 aromatic carbocycles. The molecule has 0 aliphatic carbocycles. The van der Waals surface area contributed by atoms with E-state index in [0.29, 0.717) is 17.2 Å². The summed E-state index contributed by atoms with van der Waals surface area (Å²) < 4.78 is 1.56.